The molecular weight excluding hydrogens is 503 g/mol. The Bertz CT molecular complexity index is 954. The molecule has 2 atom stereocenters. The van der Waals surface area contributed by atoms with E-state index in [0.717, 1.165) is 41.2 Å². The van der Waals surface area contributed by atoms with Crippen LogP contribution in [0.2, 0.25) is 0 Å². The SMILES string of the molecule is CC(c1ccccc1)N(C(=O)C1CCCCC1)C1CC(=O)N(c2ccc(I)cc2)C1=O. The van der Waals surface area contributed by atoms with E-state index >= 15 is 0 Å². The van der Waals surface area contributed by atoms with Gasteiger partial charge in [-0.15, -0.1) is 0 Å². The zero-order valence-electron chi connectivity index (χ0n) is 17.7. The minimum atomic E-state index is -0.767. The highest BCUT2D eigenvalue weighted by molar-refractivity contribution is 14.1. The van der Waals surface area contributed by atoms with Crippen LogP contribution >= 0.6 is 22.6 Å². The van der Waals surface area contributed by atoms with Crippen LogP contribution in [0.5, 0.6) is 0 Å². The standard InChI is InChI=1S/C25H27IN2O3/c1-17(18-8-4-2-5-9-18)27(24(30)19-10-6-3-7-11-19)22-16-23(29)28(25(22)31)21-14-12-20(26)13-15-21/h2,4-5,8-9,12-15,17,19,22H,3,6-7,10-11,16H2,1H3. The quantitative estimate of drug-likeness (QED) is 0.400. The van der Waals surface area contributed by atoms with E-state index in [1.807, 2.05) is 49.4 Å². The lowest BCUT2D eigenvalue weighted by Crippen LogP contribution is -2.49. The molecule has 1 heterocycles. The van der Waals surface area contributed by atoms with Gasteiger partial charge in [0.2, 0.25) is 11.8 Å². The van der Waals surface area contributed by atoms with Crippen molar-refractivity contribution in [2.75, 3.05) is 4.90 Å². The Morgan fingerprint density at radius 1 is 1.00 bits per heavy atom. The maximum atomic E-state index is 13.7. The number of carbonyl (C=O) groups excluding carboxylic acids is 3. The number of halogens is 1. The van der Waals surface area contributed by atoms with Gasteiger partial charge in [-0.2, -0.15) is 0 Å². The van der Waals surface area contributed by atoms with Crippen molar-refractivity contribution in [3.8, 4) is 0 Å². The van der Waals surface area contributed by atoms with Crippen LogP contribution in [0.25, 0.3) is 0 Å². The van der Waals surface area contributed by atoms with E-state index in [-0.39, 0.29) is 36.1 Å². The topological polar surface area (TPSA) is 57.7 Å². The molecule has 2 aromatic rings. The third kappa shape index (κ3) is 4.54. The molecule has 1 saturated heterocycles. The highest BCUT2D eigenvalue weighted by Gasteiger charge is 2.47. The van der Waals surface area contributed by atoms with Crippen LogP contribution in [0.1, 0.15) is 57.1 Å². The highest BCUT2D eigenvalue weighted by Crippen LogP contribution is 2.35. The van der Waals surface area contributed by atoms with Crippen LogP contribution in [0.4, 0.5) is 5.69 Å². The van der Waals surface area contributed by atoms with Gasteiger partial charge in [-0.3, -0.25) is 14.4 Å². The van der Waals surface area contributed by atoms with E-state index in [1.54, 1.807) is 17.0 Å². The maximum absolute atomic E-state index is 13.7. The van der Waals surface area contributed by atoms with Gasteiger partial charge in [0, 0.05) is 9.49 Å². The number of benzene rings is 2. The second kappa shape index (κ2) is 9.51. The monoisotopic (exact) mass is 530 g/mol. The first kappa shape index (κ1) is 22.0. The number of amides is 3. The fraction of sp³-hybridized carbons (Fsp3) is 0.400. The first-order chi connectivity index (χ1) is 15.0. The van der Waals surface area contributed by atoms with E-state index in [0.29, 0.717) is 5.69 Å². The normalized spacial score (nSPS) is 20.7. The number of imide groups is 1. The summed E-state index contributed by atoms with van der Waals surface area (Å²) in [6, 6.07) is 16.0. The lowest BCUT2D eigenvalue weighted by Gasteiger charge is -2.37. The first-order valence-corrected chi connectivity index (χ1v) is 12.0. The van der Waals surface area contributed by atoms with Crippen molar-refractivity contribution >= 4 is 46.0 Å². The van der Waals surface area contributed by atoms with Crippen molar-refractivity contribution in [3.63, 3.8) is 0 Å². The predicted octanol–water partition coefficient (Wildman–Crippen LogP) is 5.09. The second-order valence-corrected chi connectivity index (χ2v) is 9.68. The molecule has 162 valence electrons. The predicted molar refractivity (Wildman–Crippen MR) is 128 cm³/mol. The van der Waals surface area contributed by atoms with Gasteiger partial charge in [0.1, 0.15) is 6.04 Å². The van der Waals surface area contributed by atoms with Gasteiger partial charge in [-0.25, -0.2) is 4.90 Å². The van der Waals surface area contributed by atoms with Crippen LogP contribution in [-0.4, -0.2) is 28.7 Å². The molecule has 0 N–H and O–H groups in total. The summed E-state index contributed by atoms with van der Waals surface area (Å²) in [5, 5.41) is 0. The van der Waals surface area contributed by atoms with Crippen molar-refractivity contribution in [1.82, 2.24) is 4.90 Å². The molecule has 2 aliphatic rings. The maximum Gasteiger partial charge on any atom is 0.257 e. The zero-order valence-corrected chi connectivity index (χ0v) is 19.8. The molecule has 1 saturated carbocycles. The van der Waals surface area contributed by atoms with Gasteiger partial charge in [-0.05, 0) is 72.2 Å². The molecule has 0 radical (unpaired) electrons. The van der Waals surface area contributed by atoms with Crippen molar-refractivity contribution in [3.05, 3.63) is 63.7 Å². The Morgan fingerprint density at radius 3 is 2.29 bits per heavy atom. The number of rotatable bonds is 5. The molecule has 0 aromatic heterocycles. The van der Waals surface area contributed by atoms with Crippen LogP contribution < -0.4 is 4.90 Å². The van der Waals surface area contributed by atoms with Crippen molar-refractivity contribution in [2.24, 2.45) is 5.92 Å². The summed E-state index contributed by atoms with van der Waals surface area (Å²) in [5.41, 5.74) is 1.54. The van der Waals surface area contributed by atoms with Gasteiger partial charge in [0.25, 0.3) is 5.91 Å². The smallest absolute Gasteiger partial charge is 0.257 e. The van der Waals surface area contributed by atoms with Gasteiger partial charge >= 0.3 is 0 Å². The van der Waals surface area contributed by atoms with Crippen LogP contribution in [0.15, 0.2) is 54.6 Å². The summed E-state index contributed by atoms with van der Waals surface area (Å²) in [5.74, 6) is -0.627. The van der Waals surface area contributed by atoms with Crippen molar-refractivity contribution < 1.29 is 14.4 Å². The number of carbonyl (C=O) groups is 3. The Balaban J connectivity index is 1.67. The van der Waals surface area contributed by atoms with Gasteiger partial charge in [0.05, 0.1) is 18.2 Å². The summed E-state index contributed by atoms with van der Waals surface area (Å²) in [4.78, 5) is 43.0. The average Bonchev–Trinajstić information content (AvgIpc) is 3.09. The molecule has 0 bridgehead atoms. The molecule has 1 aliphatic heterocycles. The molecule has 3 amide bonds. The van der Waals surface area contributed by atoms with Gasteiger partial charge < -0.3 is 4.90 Å². The first-order valence-electron chi connectivity index (χ1n) is 11.0. The van der Waals surface area contributed by atoms with E-state index in [2.05, 4.69) is 22.6 Å². The van der Waals surface area contributed by atoms with E-state index in [4.69, 9.17) is 0 Å². The molecular formula is C25H27IN2O3. The number of hydrogen-bond donors (Lipinski definition) is 0. The summed E-state index contributed by atoms with van der Waals surface area (Å²) >= 11 is 2.19. The zero-order chi connectivity index (χ0) is 22.0. The van der Waals surface area contributed by atoms with Gasteiger partial charge in [0.15, 0.2) is 0 Å². The van der Waals surface area contributed by atoms with Crippen LogP contribution in [0.3, 0.4) is 0 Å². The largest absolute Gasteiger partial charge is 0.323 e. The molecule has 6 heteroatoms. The molecule has 2 aromatic carbocycles. The number of nitrogens with zero attached hydrogens (tertiary/aromatic N) is 2. The Morgan fingerprint density at radius 2 is 1.65 bits per heavy atom. The molecule has 4 rings (SSSR count). The number of hydrogen-bond acceptors (Lipinski definition) is 3. The summed E-state index contributed by atoms with van der Waals surface area (Å²) in [7, 11) is 0. The van der Waals surface area contributed by atoms with Crippen molar-refractivity contribution in [2.45, 2.75) is 57.5 Å². The van der Waals surface area contributed by atoms with Crippen LogP contribution in [-0.2, 0) is 14.4 Å². The average molecular weight is 530 g/mol. The third-order valence-corrected chi connectivity index (χ3v) is 7.17. The fourth-order valence-electron chi connectivity index (χ4n) is 4.76. The van der Waals surface area contributed by atoms with E-state index in [1.165, 1.54) is 4.90 Å². The van der Waals surface area contributed by atoms with Gasteiger partial charge in [-0.1, -0.05) is 49.6 Å². The Hall–Kier alpha value is -2.22. The second-order valence-electron chi connectivity index (χ2n) is 8.43. The van der Waals surface area contributed by atoms with E-state index < -0.39 is 6.04 Å². The third-order valence-electron chi connectivity index (χ3n) is 6.45. The minimum absolute atomic E-state index is 0.00617. The number of anilines is 1. The Kier molecular flexibility index (Phi) is 6.74. The summed E-state index contributed by atoms with van der Waals surface area (Å²) < 4.78 is 1.03. The molecule has 2 fully saturated rings. The molecule has 2 unspecified atom stereocenters. The summed E-state index contributed by atoms with van der Waals surface area (Å²) in [6.07, 6.45) is 4.96. The lowest BCUT2D eigenvalue weighted by molar-refractivity contribution is -0.145. The molecule has 1 aliphatic carbocycles. The fourth-order valence-corrected chi connectivity index (χ4v) is 5.12. The molecule has 5 nitrogen and oxygen atoms in total. The minimum Gasteiger partial charge on any atom is -0.323 e. The Labute approximate surface area is 196 Å². The lowest BCUT2D eigenvalue weighted by atomic mass is 9.87. The van der Waals surface area contributed by atoms with Crippen molar-refractivity contribution in [1.29, 1.82) is 0 Å². The molecule has 31 heavy (non-hydrogen) atoms. The highest BCUT2D eigenvalue weighted by atomic mass is 127. The summed E-state index contributed by atoms with van der Waals surface area (Å²) in [6.45, 7) is 1.96. The van der Waals surface area contributed by atoms with E-state index in [9.17, 15) is 14.4 Å². The van der Waals surface area contributed by atoms with Crippen LogP contribution in [0, 0.1) is 9.49 Å². The molecule has 0 spiro atoms.